The number of amides is 1. The monoisotopic (exact) mass is 258 g/mol. The Morgan fingerprint density at radius 3 is 2.50 bits per heavy atom. The van der Waals surface area contributed by atoms with E-state index >= 15 is 0 Å². The lowest BCUT2D eigenvalue weighted by Gasteiger charge is -2.31. The van der Waals surface area contributed by atoms with Gasteiger partial charge < -0.3 is 15.4 Å². The van der Waals surface area contributed by atoms with Crippen molar-refractivity contribution in [3.8, 4) is 0 Å². The zero-order valence-electron chi connectivity index (χ0n) is 11.5. The Morgan fingerprint density at radius 1 is 1.39 bits per heavy atom. The third-order valence-electron chi connectivity index (χ3n) is 3.20. The number of ether oxygens (including phenoxy) is 1. The maximum absolute atomic E-state index is 12.0. The van der Waals surface area contributed by atoms with Gasteiger partial charge in [-0.1, -0.05) is 0 Å². The first-order valence-electron chi connectivity index (χ1n) is 6.77. The smallest absolute Gasteiger partial charge is 0.224 e. The molecule has 0 aromatic rings. The Hall–Kier alpha value is -0.690. The van der Waals surface area contributed by atoms with E-state index in [9.17, 15) is 4.79 Å². The van der Waals surface area contributed by atoms with E-state index in [-0.39, 0.29) is 11.9 Å². The summed E-state index contributed by atoms with van der Waals surface area (Å²) < 4.78 is 5.28. The first-order chi connectivity index (χ1) is 8.71. The highest BCUT2D eigenvalue weighted by Gasteiger charge is 2.19. The molecule has 106 valence electrons. The van der Waals surface area contributed by atoms with Crippen molar-refractivity contribution in [1.82, 2.24) is 15.3 Å². The van der Waals surface area contributed by atoms with Crippen LogP contribution in [0.15, 0.2) is 0 Å². The summed E-state index contributed by atoms with van der Waals surface area (Å²) >= 11 is 0. The van der Waals surface area contributed by atoms with Crippen molar-refractivity contribution in [2.75, 3.05) is 45.9 Å². The maximum Gasteiger partial charge on any atom is 0.224 e. The zero-order chi connectivity index (χ0) is 13.4. The molecule has 1 atom stereocenters. The number of nitrogens with zero attached hydrogens (tertiary/aromatic N) is 2. The molecule has 0 aliphatic carbocycles. The van der Waals surface area contributed by atoms with E-state index < -0.39 is 0 Å². The van der Waals surface area contributed by atoms with Gasteiger partial charge in [0.25, 0.3) is 0 Å². The molecule has 0 bridgehead atoms. The molecular weight excluding hydrogens is 232 g/mol. The molecule has 1 amide bonds. The highest BCUT2D eigenvalue weighted by atomic mass is 16.5. The number of morpholine rings is 1. The number of carbonyl (C=O) groups excluding carboxylic acids is 1. The maximum atomic E-state index is 12.0. The summed E-state index contributed by atoms with van der Waals surface area (Å²) in [5, 5.41) is 2.09. The number of hydrogen-bond acceptors (Lipinski definition) is 5. The molecule has 0 spiro atoms. The van der Waals surface area contributed by atoms with Crippen LogP contribution in [-0.4, -0.2) is 67.8 Å². The van der Waals surface area contributed by atoms with Crippen LogP contribution in [0.25, 0.3) is 0 Å². The molecular formula is C12H26N4O2. The van der Waals surface area contributed by atoms with Crippen LogP contribution in [0.1, 0.15) is 20.3 Å². The van der Waals surface area contributed by atoms with Gasteiger partial charge in [0.1, 0.15) is 0 Å². The van der Waals surface area contributed by atoms with Gasteiger partial charge in [-0.05, 0) is 13.8 Å². The predicted molar refractivity (Wildman–Crippen MR) is 70.9 cm³/mol. The van der Waals surface area contributed by atoms with Gasteiger partial charge in [-0.2, -0.15) is 0 Å². The summed E-state index contributed by atoms with van der Waals surface area (Å²) in [4.78, 5) is 13.8. The number of rotatable bonds is 7. The molecule has 1 fully saturated rings. The number of hydrogen-bond donors (Lipinski definition) is 2. The van der Waals surface area contributed by atoms with Gasteiger partial charge in [-0.15, -0.1) is 0 Å². The Morgan fingerprint density at radius 2 is 2.00 bits per heavy atom. The third-order valence-corrected chi connectivity index (χ3v) is 3.20. The second-order valence-corrected chi connectivity index (χ2v) is 4.43. The quantitative estimate of drug-likeness (QED) is 0.639. The van der Waals surface area contributed by atoms with E-state index in [4.69, 9.17) is 10.5 Å². The summed E-state index contributed by atoms with van der Waals surface area (Å²) in [6, 6.07) is 0.0104. The molecule has 1 rings (SSSR count). The van der Waals surface area contributed by atoms with Gasteiger partial charge in [-0.3, -0.25) is 10.2 Å². The summed E-state index contributed by atoms with van der Waals surface area (Å²) in [6.45, 7) is 9.11. The topological polar surface area (TPSA) is 70.8 Å². The minimum atomic E-state index is 0.0104. The number of hydrazine groups is 1. The highest BCUT2D eigenvalue weighted by Crippen LogP contribution is 2.01. The molecule has 1 aliphatic rings. The molecule has 1 heterocycles. The Kier molecular flexibility index (Phi) is 7.19. The lowest BCUT2D eigenvalue weighted by Crippen LogP contribution is -2.53. The second-order valence-electron chi connectivity index (χ2n) is 4.43. The molecule has 0 saturated carbocycles. The summed E-state index contributed by atoms with van der Waals surface area (Å²) in [7, 11) is 0. The molecule has 18 heavy (non-hydrogen) atoms. The Balaban J connectivity index is 2.38. The minimum Gasteiger partial charge on any atom is -0.379 e. The summed E-state index contributed by atoms with van der Waals surface area (Å²) in [6.07, 6.45) is 0.454. The first kappa shape index (κ1) is 15.4. The van der Waals surface area contributed by atoms with Gasteiger partial charge in [0, 0.05) is 45.2 Å². The van der Waals surface area contributed by atoms with Crippen molar-refractivity contribution in [1.29, 1.82) is 0 Å². The lowest BCUT2D eigenvalue weighted by molar-refractivity contribution is -0.131. The van der Waals surface area contributed by atoms with Crippen LogP contribution in [0, 0.1) is 0 Å². The fourth-order valence-corrected chi connectivity index (χ4v) is 2.05. The fraction of sp³-hybridized carbons (Fsp3) is 0.917. The standard InChI is InChI=1S/C12H26N4O2/c1-3-15(4-2)12(17)9-11(10-13)14-16-5-7-18-8-6-16/h11,14H,3-10,13H2,1-2H3. The first-order valence-corrected chi connectivity index (χ1v) is 6.77. The molecule has 6 nitrogen and oxygen atoms in total. The van der Waals surface area contributed by atoms with Crippen molar-refractivity contribution < 1.29 is 9.53 Å². The Labute approximate surface area is 109 Å². The molecule has 6 heteroatoms. The van der Waals surface area contributed by atoms with Gasteiger partial charge in [0.05, 0.1) is 13.2 Å². The van der Waals surface area contributed by atoms with E-state index in [1.54, 1.807) is 0 Å². The second kappa shape index (κ2) is 8.42. The molecule has 1 unspecified atom stereocenters. The molecule has 3 N–H and O–H groups in total. The molecule has 0 aromatic carbocycles. The largest absolute Gasteiger partial charge is 0.379 e. The number of nitrogens with one attached hydrogen (secondary N) is 1. The average Bonchev–Trinajstić information content (AvgIpc) is 2.40. The minimum absolute atomic E-state index is 0.0104. The average molecular weight is 258 g/mol. The van der Waals surface area contributed by atoms with Crippen molar-refractivity contribution in [2.24, 2.45) is 5.73 Å². The van der Waals surface area contributed by atoms with E-state index in [1.807, 2.05) is 18.7 Å². The van der Waals surface area contributed by atoms with E-state index in [0.717, 1.165) is 39.4 Å². The van der Waals surface area contributed by atoms with Crippen molar-refractivity contribution in [3.63, 3.8) is 0 Å². The van der Waals surface area contributed by atoms with E-state index in [1.165, 1.54) is 0 Å². The SMILES string of the molecule is CCN(CC)C(=O)CC(CN)NN1CCOCC1. The van der Waals surface area contributed by atoms with Crippen LogP contribution >= 0.6 is 0 Å². The van der Waals surface area contributed by atoms with Gasteiger partial charge in [-0.25, -0.2) is 5.01 Å². The van der Waals surface area contributed by atoms with E-state index in [0.29, 0.717) is 13.0 Å². The van der Waals surface area contributed by atoms with Crippen molar-refractivity contribution in [2.45, 2.75) is 26.3 Å². The van der Waals surface area contributed by atoms with Gasteiger partial charge in [0.2, 0.25) is 5.91 Å². The Bertz CT molecular complexity index is 240. The molecule has 0 aromatic heterocycles. The zero-order valence-corrected chi connectivity index (χ0v) is 11.5. The van der Waals surface area contributed by atoms with Crippen LogP contribution < -0.4 is 11.2 Å². The van der Waals surface area contributed by atoms with Gasteiger partial charge in [0.15, 0.2) is 0 Å². The summed E-state index contributed by atoms with van der Waals surface area (Å²) in [5.41, 5.74) is 9.05. The normalized spacial score (nSPS) is 18.6. The van der Waals surface area contributed by atoms with Crippen LogP contribution in [0.3, 0.4) is 0 Å². The molecule has 1 aliphatic heterocycles. The van der Waals surface area contributed by atoms with Gasteiger partial charge >= 0.3 is 0 Å². The van der Waals surface area contributed by atoms with Crippen LogP contribution in [0.5, 0.6) is 0 Å². The van der Waals surface area contributed by atoms with Crippen LogP contribution in [-0.2, 0) is 9.53 Å². The number of carbonyl (C=O) groups is 1. The lowest BCUT2D eigenvalue weighted by atomic mass is 10.2. The highest BCUT2D eigenvalue weighted by molar-refractivity contribution is 5.76. The molecule has 0 radical (unpaired) electrons. The number of nitrogens with two attached hydrogens (primary N) is 1. The van der Waals surface area contributed by atoms with Crippen molar-refractivity contribution in [3.05, 3.63) is 0 Å². The predicted octanol–water partition coefficient (Wildman–Crippen LogP) is -0.591. The molecule has 1 saturated heterocycles. The van der Waals surface area contributed by atoms with Crippen LogP contribution in [0.2, 0.25) is 0 Å². The fourth-order valence-electron chi connectivity index (χ4n) is 2.05. The van der Waals surface area contributed by atoms with E-state index in [2.05, 4.69) is 10.4 Å². The van der Waals surface area contributed by atoms with Crippen LogP contribution in [0.4, 0.5) is 0 Å². The summed E-state index contributed by atoms with van der Waals surface area (Å²) in [5.74, 6) is 0.163. The van der Waals surface area contributed by atoms with Crippen molar-refractivity contribution >= 4 is 5.91 Å². The third kappa shape index (κ3) is 4.89.